The first-order chi connectivity index (χ1) is 9.94. The summed E-state index contributed by atoms with van der Waals surface area (Å²) < 4.78 is 24.4. The second-order valence-electron chi connectivity index (χ2n) is 5.70. The molecule has 0 unspecified atom stereocenters. The van der Waals surface area contributed by atoms with Gasteiger partial charge in [-0.1, -0.05) is 0 Å². The van der Waals surface area contributed by atoms with Crippen molar-refractivity contribution in [1.29, 1.82) is 0 Å². The average molecular weight is 313 g/mol. The highest BCUT2D eigenvalue weighted by molar-refractivity contribution is 7.89. The van der Waals surface area contributed by atoms with Crippen LogP contribution >= 0.6 is 0 Å². The number of carbonyl (C=O) groups excluding carboxylic acids is 1. The topological polar surface area (TPSA) is 85.4 Å². The fourth-order valence-electron chi connectivity index (χ4n) is 2.85. The van der Waals surface area contributed by atoms with Crippen molar-refractivity contribution in [3.05, 3.63) is 24.5 Å². The molecule has 2 N–H and O–H groups in total. The molecule has 1 aliphatic heterocycles. The van der Waals surface area contributed by atoms with Gasteiger partial charge in [-0.15, -0.1) is 0 Å². The highest BCUT2D eigenvalue weighted by Crippen LogP contribution is 2.18. The molecule has 2 heterocycles. The first-order valence-electron chi connectivity index (χ1n) is 7.33. The van der Waals surface area contributed by atoms with Gasteiger partial charge in [0.2, 0.25) is 15.9 Å². The maximum absolute atomic E-state index is 12.2. The zero-order valence-corrected chi connectivity index (χ0v) is 13.0. The standard InChI is InChI=1S/C14H23N3O3S/c15-21(19,20)12-13-5-3-10-17(11-13)14(18)6-4-9-16-7-1-2-8-16/h1-2,7-8,13H,3-6,9-12H2,(H2,15,19,20)/t13-/m1/s1. The number of carbonyl (C=O) groups is 1. The summed E-state index contributed by atoms with van der Waals surface area (Å²) in [5.41, 5.74) is 0. The van der Waals surface area contributed by atoms with Gasteiger partial charge in [-0.2, -0.15) is 0 Å². The van der Waals surface area contributed by atoms with Crippen LogP contribution in [-0.2, 0) is 21.4 Å². The average Bonchev–Trinajstić information content (AvgIpc) is 2.90. The minimum Gasteiger partial charge on any atom is -0.354 e. The SMILES string of the molecule is NS(=O)(=O)C[C@@H]1CCCN(C(=O)CCCn2cccc2)C1. The molecule has 0 bridgehead atoms. The van der Waals surface area contributed by atoms with Crippen molar-refractivity contribution in [3.8, 4) is 0 Å². The molecule has 0 saturated carbocycles. The molecule has 0 spiro atoms. The Kier molecular flexibility index (Phi) is 5.41. The molecule has 6 nitrogen and oxygen atoms in total. The van der Waals surface area contributed by atoms with E-state index in [1.54, 1.807) is 4.90 Å². The Morgan fingerprint density at radius 3 is 2.67 bits per heavy atom. The first-order valence-corrected chi connectivity index (χ1v) is 9.04. The number of amides is 1. The minimum absolute atomic E-state index is 0.0258. The number of rotatable bonds is 6. The number of sulfonamides is 1. The van der Waals surface area contributed by atoms with Gasteiger partial charge in [-0.05, 0) is 37.3 Å². The molecule has 1 amide bonds. The van der Waals surface area contributed by atoms with Crippen LogP contribution in [0.5, 0.6) is 0 Å². The van der Waals surface area contributed by atoms with Crippen molar-refractivity contribution in [1.82, 2.24) is 9.47 Å². The van der Waals surface area contributed by atoms with Crippen LogP contribution in [0.2, 0.25) is 0 Å². The van der Waals surface area contributed by atoms with E-state index in [-0.39, 0.29) is 17.6 Å². The maximum atomic E-state index is 12.2. The molecule has 1 fully saturated rings. The lowest BCUT2D eigenvalue weighted by Gasteiger charge is -2.32. The summed E-state index contributed by atoms with van der Waals surface area (Å²) in [7, 11) is -3.46. The zero-order chi connectivity index (χ0) is 15.3. The molecule has 0 radical (unpaired) electrons. The molecule has 1 aliphatic rings. The summed E-state index contributed by atoms with van der Waals surface area (Å²) >= 11 is 0. The van der Waals surface area contributed by atoms with Crippen molar-refractivity contribution in [3.63, 3.8) is 0 Å². The van der Waals surface area contributed by atoms with Gasteiger partial charge >= 0.3 is 0 Å². The molecule has 7 heteroatoms. The predicted octanol–water partition coefficient (Wildman–Crippen LogP) is 0.795. The van der Waals surface area contributed by atoms with E-state index in [0.717, 1.165) is 32.4 Å². The fourth-order valence-corrected chi connectivity index (χ4v) is 3.78. The zero-order valence-electron chi connectivity index (χ0n) is 12.1. The monoisotopic (exact) mass is 313 g/mol. The maximum Gasteiger partial charge on any atom is 0.222 e. The van der Waals surface area contributed by atoms with E-state index < -0.39 is 10.0 Å². The lowest BCUT2D eigenvalue weighted by molar-refractivity contribution is -0.133. The summed E-state index contributed by atoms with van der Waals surface area (Å²) in [6, 6.07) is 3.93. The Balaban J connectivity index is 1.76. The van der Waals surface area contributed by atoms with Gasteiger partial charge in [-0.3, -0.25) is 4.79 Å². The number of likely N-dealkylation sites (tertiary alicyclic amines) is 1. The van der Waals surface area contributed by atoms with Gasteiger partial charge < -0.3 is 9.47 Å². The van der Waals surface area contributed by atoms with Gasteiger partial charge in [0.1, 0.15) is 0 Å². The van der Waals surface area contributed by atoms with Gasteiger partial charge in [0.05, 0.1) is 5.75 Å². The number of aryl methyl sites for hydroxylation is 1. The molecular formula is C14H23N3O3S. The highest BCUT2D eigenvalue weighted by Gasteiger charge is 2.25. The second-order valence-corrected chi connectivity index (χ2v) is 7.36. The first kappa shape index (κ1) is 16.0. The number of piperidine rings is 1. The Morgan fingerprint density at radius 2 is 2.00 bits per heavy atom. The van der Waals surface area contributed by atoms with Crippen LogP contribution in [0.1, 0.15) is 25.7 Å². The molecule has 2 rings (SSSR count). The van der Waals surface area contributed by atoms with Gasteiger partial charge in [0, 0.05) is 38.4 Å². The molecule has 118 valence electrons. The van der Waals surface area contributed by atoms with Crippen LogP contribution in [0.3, 0.4) is 0 Å². The summed E-state index contributed by atoms with van der Waals surface area (Å²) in [6.45, 7) is 2.06. The molecule has 21 heavy (non-hydrogen) atoms. The smallest absolute Gasteiger partial charge is 0.222 e. The third-order valence-corrected chi connectivity index (χ3v) is 4.75. The molecule has 1 saturated heterocycles. The normalized spacial score (nSPS) is 19.7. The van der Waals surface area contributed by atoms with E-state index in [1.807, 2.05) is 29.1 Å². The Morgan fingerprint density at radius 1 is 1.29 bits per heavy atom. The number of aromatic nitrogens is 1. The minimum atomic E-state index is -3.46. The molecule has 1 atom stereocenters. The van der Waals surface area contributed by atoms with E-state index in [4.69, 9.17) is 5.14 Å². The summed E-state index contributed by atoms with van der Waals surface area (Å²) in [6.07, 6.45) is 6.93. The molecule has 1 aromatic rings. The van der Waals surface area contributed by atoms with E-state index >= 15 is 0 Å². The lowest BCUT2D eigenvalue weighted by atomic mass is 9.99. The third-order valence-electron chi connectivity index (χ3n) is 3.81. The molecular weight excluding hydrogens is 290 g/mol. The molecule has 0 aliphatic carbocycles. The van der Waals surface area contributed by atoms with Crippen LogP contribution < -0.4 is 5.14 Å². The van der Waals surface area contributed by atoms with Crippen LogP contribution in [0.4, 0.5) is 0 Å². The van der Waals surface area contributed by atoms with Crippen LogP contribution in [0.15, 0.2) is 24.5 Å². The third kappa shape index (κ3) is 5.51. The van der Waals surface area contributed by atoms with Crippen molar-refractivity contribution >= 4 is 15.9 Å². The van der Waals surface area contributed by atoms with Gasteiger partial charge in [0.25, 0.3) is 0 Å². The quantitative estimate of drug-likeness (QED) is 0.842. The summed E-state index contributed by atoms with van der Waals surface area (Å²) in [5.74, 6) is 0.0589. The van der Waals surface area contributed by atoms with Crippen molar-refractivity contribution in [2.45, 2.75) is 32.2 Å². The number of nitrogens with zero attached hydrogens (tertiary/aromatic N) is 2. The van der Waals surface area contributed by atoms with Crippen LogP contribution in [0, 0.1) is 5.92 Å². The number of hydrogen-bond acceptors (Lipinski definition) is 3. The van der Waals surface area contributed by atoms with Crippen molar-refractivity contribution in [2.24, 2.45) is 11.1 Å². The Bertz CT molecular complexity index is 554. The van der Waals surface area contributed by atoms with Gasteiger partial charge in [0.15, 0.2) is 0 Å². The number of primary sulfonamides is 1. The number of nitrogens with two attached hydrogens (primary N) is 1. The van der Waals surface area contributed by atoms with Crippen LogP contribution in [-0.4, -0.2) is 42.6 Å². The predicted molar refractivity (Wildman–Crippen MR) is 80.9 cm³/mol. The summed E-state index contributed by atoms with van der Waals surface area (Å²) in [4.78, 5) is 14.0. The van der Waals surface area contributed by atoms with E-state index in [1.165, 1.54) is 0 Å². The van der Waals surface area contributed by atoms with Crippen molar-refractivity contribution in [2.75, 3.05) is 18.8 Å². The van der Waals surface area contributed by atoms with E-state index in [9.17, 15) is 13.2 Å². The van der Waals surface area contributed by atoms with Gasteiger partial charge in [-0.25, -0.2) is 13.6 Å². The summed E-state index contributed by atoms with van der Waals surface area (Å²) in [5, 5.41) is 5.09. The Hall–Kier alpha value is -1.34. The number of hydrogen-bond donors (Lipinski definition) is 1. The van der Waals surface area contributed by atoms with E-state index in [0.29, 0.717) is 13.0 Å². The molecule has 0 aromatic carbocycles. The molecule has 1 aromatic heterocycles. The fraction of sp³-hybridized carbons (Fsp3) is 0.643. The van der Waals surface area contributed by atoms with Crippen LogP contribution in [0.25, 0.3) is 0 Å². The highest BCUT2D eigenvalue weighted by atomic mass is 32.2. The van der Waals surface area contributed by atoms with E-state index in [2.05, 4.69) is 0 Å². The van der Waals surface area contributed by atoms with Crippen molar-refractivity contribution < 1.29 is 13.2 Å². The lowest BCUT2D eigenvalue weighted by Crippen LogP contribution is -2.42. The Labute approximate surface area is 126 Å². The largest absolute Gasteiger partial charge is 0.354 e. The second kappa shape index (κ2) is 7.09.